The van der Waals surface area contributed by atoms with Gasteiger partial charge in [-0.15, -0.1) is 0 Å². The van der Waals surface area contributed by atoms with Gasteiger partial charge in [-0.2, -0.15) is 0 Å². The van der Waals surface area contributed by atoms with Crippen molar-refractivity contribution in [3.8, 4) is 0 Å². The van der Waals surface area contributed by atoms with Crippen LogP contribution in [0, 0.1) is 5.92 Å². The van der Waals surface area contributed by atoms with Crippen molar-refractivity contribution in [1.82, 2.24) is 5.32 Å². The standard InChI is InChI=1S/C14H20N2O4S/c1-20-9-11-6-12(8-13(7-11)21(15,18)19)14(17)16-5-4-10-2-3-10/h6-8,10H,2-5,9H2,1H3,(H,16,17)(H2,15,18,19). The number of nitrogens with one attached hydrogen (secondary N) is 1. The molecule has 1 fully saturated rings. The number of nitrogens with two attached hydrogens (primary N) is 1. The zero-order valence-corrected chi connectivity index (χ0v) is 12.8. The normalized spacial score (nSPS) is 15.0. The summed E-state index contributed by atoms with van der Waals surface area (Å²) in [4.78, 5) is 12.0. The van der Waals surface area contributed by atoms with Crippen molar-refractivity contribution in [2.75, 3.05) is 13.7 Å². The fraction of sp³-hybridized carbons (Fsp3) is 0.500. The molecule has 1 amide bonds. The molecule has 0 unspecified atom stereocenters. The second-order valence-corrected chi connectivity index (χ2v) is 6.89. The van der Waals surface area contributed by atoms with Gasteiger partial charge in [0.05, 0.1) is 11.5 Å². The fourth-order valence-electron chi connectivity index (χ4n) is 2.10. The SMILES string of the molecule is COCc1cc(C(=O)NCCC2CC2)cc(S(N)(=O)=O)c1. The van der Waals surface area contributed by atoms with Gasteiger partial charge in [-0.25, -0.2) is 13.6 Å². The number of primary sulfonamides is 1. The first-order valence-electron chi connectivity index (χ1n) is 6.84. The van der Waals surface area contributed by atoms with Crippen LogP contribution < -0.4 is 10.5 Å². The first-order chi connectivity index (χ1) is 9.90. The molecule has 1 aromatic carbocycles. The van der Waals surface area contributed by atoms with Crippen LogP contribution in [0.25, 0.3) is 0 Å². The number of hydrogen-bond acceptors (Lipinski definition) is 4. The maximum atomic E-state index is 12.1. The minimum atomic E-state index is -3.86. The van der Waals surface area contributed by atoms with E-state index in [4.69, 9.17) is 9.88 Å². The molecule has 0 bridgehead atoms. The van der Waals surface area contributed by atoms with Gasteiger partial charge in [0.15, 0.2) is 0 Å². The van der Waals surface area contributed by atoms with Gasteiger partial charge in [0, 0.05) is 19.2 Å². The highest BCUT2D eigenvalue weighted by Crippen LogP contribution is 2.31. The summed E-state index contributed by atoms with van der Waals surface area (Å²) in [5.41, 5.74) is 0.876. The lowest BCUT2D eigenvalue weighted by atomic mass is 10.1. The lowest BCUT2D eigenvalue weighted by Crippen LogP contribution is -2.25. The van der Waals surface area contributed by atoms with Crippen LogP contribution in [0.2, 0.25) is 0 Å². The molecular weight excluding hydrogens is 292 g/mol. The molecule has 0 radical (unpaired) electrons. The largest absolute Gasteiger partial charge is 0.380 e. The predicted octanol–water partition coefficient (Wildman–Crippen LogP) is 1.01. The maximum Gasteiger partial charge on any atom is 0.251 e. The summed E-state index contributed by atoms with van der Waals surface area (Å²) in [5.74, 6) is 0.434. The lowest BCUT2D eigenvalue weighted by molar-refractivity contribution is 0.0952. The molecule has 21 heavy (non-hydrogen) atoms. The minimum absolute atomic E-state index is 0.0793. The molecule has 1 aliphatic carbocycles. The quantitative estimate of drug-likeness (QED) is 0.785. The minimum Gasteiger partial charge on any atom is -0.380 e. The molecule has 0 heterocycles. The van der Waals surface area contributed by atoms with Crippen LogP contribution in [-0.2, 0) is 21.4 Å². The van der Waals surface area contributed by atoms with Crippen LogP contribution in [0.5, 0.6) is 0 Å². The van der Waals surface area contributed by atoms with Crippen LogP contribution in [0.4, 0.5) is 0 Å². The Labute approximate surface area is 124 Å². The Hall–Kier alpha value is -1.44. The molecule has 1 aromatic rings. The molecule has 7 heteroatoms. The first kappa shape index (κ1) is 15.9. The Kier molecular flexibility index (Phi) is 4.97. The summed E-state index contributed by atoms with van der Waals surface area (Å²) in [5, 5.41) is 7.94. The van der Waals surface area contributed by atoms with Gasteiger partial charge < -0.3 is 10.1 Å². The maximum absolute atomic E-state index is 12.1. The third kappa shape index (κ3) is 4.80. The number of methoxy groups -OCH3 is 1. The van der Waals surface area contributed by atoms with Gasteiger partial charge in [0.25, 0.3) is 5.91 Å². The third-order valence-corrected chi connectivity index (χ3v) is 4.30. The van der Waals surface area contributed by atoms with Crippen LogP contribution in [-0.4, -0.2) is 28.0 Å². The number of ether oxygens (including phenoxy) is 1. The molecule has 1 aliphatic rings. The van der Waals surface area contributed by atoms with Crippen molar-refractivity contribution >= 4 is 15.9 Å². The van der Waals surface area contributed by atoms with E-state index in [9.17, 15) is 13.2 Å². The molecule has 2 rings (SSSR count). The molecule has 0 spiro atoms. The first-order valence-corrected chi connectivity index (χ1v) is 8.38. The Morgan fingerprint density at radius 1 is 1.38 bits per heavy atom. The van der Waals surface area contributed by atoms with Crippen molar-refractivity contribution in [3.63, 3.8) is 0 Å². The van der Waals surface area contributed by atoms with E-state index in [2.05, 4.69) is 5.32 Å². The number of benzene rings is 1. The average Bonchev–Trinajstić information content (AvgIpc) is 3.22. The predicted molar refractivity (Wildman–Crippen MR) is 78.2 cm³/mol. The summed E-state index contributed by atoms with van der Waals surface area (Å²) in [6.45, 7) is 0.814. The molecular formula is C14H20N2O4S. The third-order valence-electron chi connectivity index (χ3n) is 3.40. The second kappa shape index (κ2) is 6.55. The molecule has 3 N–H and O–H groups in total. The van der Waals surface area contributed by atoms with E-state index in [1.54, 1.807) is 6.07 Å². The van der Waals surface area contributed by atoms with Crippen molar-refractivity contribution in [2.24, 2.45) is 11.1 Å². The van der Waals surface area contributed by atoms with Gasteiger partial charge >= 0.3 is 0 Å². The molecule has 116 valence electrons. The smallest absolute Gasteiger partial charge is 0.251 e. The van der Waals surface area contributed by atoms with Gasteiger partial charge in [0.2, 0.25) is 10.0 Å². The number of carbonyl (C=O) groups excluding carboxylic acids is 1. The number of sulfonamides is 1. The van der Waals surface area contributed by atoms with E-state index in [0.29, 0.717) is 12.1 Å². The summed E-state index contributed by atoms with van der Waals surface area (Å²) >= 11 is 0. The molecule has 0 aliphatic heterocycles. The van der Waals surface area contributed by atoms with Crippen molar-refractivity contribution in [3.05, 3.63) is 29.3 Å². The highest BCUT2D eigenvalue weighted by atomic mass is 32.2. The Morgan fingerprint density at radius 3 is 2.67 bits per heavy atom. The highest BCUT2D eigenvalue weighted by Gasteiger charge is 2.21. The molecule has 6 nitrogen and oxygen atoms in total. The zero-order valence-electron chi connectivity index (χ0n) is 12.0. The molecule has 0 saturated heterocycles. The van der Waals surface area contributed by atoms with Crippen LogP contribution >= 0.6 is 0 Å². The Morgan fingerprint density at radius 2 is 2.10 bits per heavy atom. The topological polar surface area (TPSA) is 98.5 Å². The van der Waals surface area contributed by atoms with Crippen LogP contribution in [0.3, 0.4) is 0 Å². The van der Waals surface area contributed by atoms with E-state index in [1.165, 1.54) is 32.1 Å². The van der Waals surface area contributed by atoms with E-state index < -0.39 is 10.0 Å². The Balaban J connectivity index is 2.15. The fourth-order valence-corrected chi connectivity index (χ4v) is 2.71. The van der Waals surface area contributed by atoms with Gasteiger partial charge in [-0.1, -0.05) is 12.8 Å². The molecule has 0 aromatic heterocycles. The van der Waals surface area contributed by atoms with Crippen molar-refractivity contribution < 1.29 is 17.9 Å². The van der Waals surface area contributed by atoms with Gasteiger partial charge in [-0.05, 0) is 36.1 Å². The Bertz CT molecular complexity index is 624. The van der Waals surface area contributed by atoms with Crippen LogP contribution in [0.1, 0.15) is 35.2 Å². The monoisotopic (exact) mass is 312 g/mol. The number of carbonyl (C=O) groups is 1. The summed E-state index contributed by atoms with van der Waals surface area (Å²) in [7, 11) is -2.36. The van der Waals surface area contributed by atoms with E-state index in [-0.39, 0.29) is 23.0 Å². The van der Waals surface area contributed by atoms with Crippen molar-refractivity contribution in [1.29, 1.82) is 0 Å². The summed E-state index contributed by atoms with van der Waals surface area (Å²) in [6.07, 6.45) is 3.43. The summed E-state index contributed by atoms with van der Waals surface area (Å²) in [6, 6.07) is 4.32. The van der Waals surface area contributed by atoms with E-state index in [0.717, 1.165) is 12.3 Å². The second-order valence-electron chi connectivity index (χ2n) is 5.33. The average molecular weight is 312 g/mol. The number of amides is 1. The molecule has 1 saturated carbocycles. The summed E-state index contributed by atoms with van der Waals surface area (Å²) < 4.78 is 27.9. The van der Waals surface area contributed by atoms with Gasteiger partial charge in [-0.3, -0.25) is 4.79 Å². The van der Waals surface area contributed by atoms with E-state index in [1.807, 2.05) is 0 Å². The molecule has 0 atom stereocenters. The van der Waals surface area contributed by atoms with Crippen molar-refractivity contribution in [2.45, 2.75) is 30.8 Å². The van der Waals surface area contributed by atoms with Crippen LogP contribution in [0.15, 0.2) is 23.1 Å². The van der Waals surface area contributed by atoms with E-state index >= 15 is 0 Å². The number of rotatable bonds is 7. The highest BCUT2D eigenvalue weighted by molar-refractivity contribution is 7.89. The van der Waals surface area contributed by atoms with Gasteiger partial charge in [0.1, 0.15) is 0 Å². The number of hydrogen-bond donors (Lipinski definition) is 2. The lowest BCUT2D eigenvalue weighted by Gasteiger charge is -2.09. The zero-order chi connectivity index (χ0) is 15.5.